The highest BCUT2D eigenvalue weighted by molar-refractivity contribution is 7.59. The van der Waals surface area contributed by atoms with E-state index >= 15 is 0 Å². The third kappa shape index (κ3) is 7.41. The molecule has 2 aliphatic rings. The summed E-state index contributed by atoms with van der Waals surface area (Å²) >= 11 is 0. The van der Waals surface area contributed by atoms with Gasteiger partial charge in [-0.15, -0.1) is 6.58 Å². The zero-order valence-electron chi connectivity index (χ0n) is 24.1. The number of halogens is 5. The molecule has 1 aliphatic carbocycles. The Morgan fingerprint density at radius 1 is 1.21 bits per heavy atom. The number of hydrogen-bond acceptors (Lipinski definition) is 5. The number of carbonyl (C=O) groups excluding carboxylic acids is 2. The third-order valence-electron chi connectivity index (χ3n) is 8.03. The van der Waals surface area contributed by atoms with Crippen molar-refractivity contribution in [2.45, 2.75) is 95.2 Å². The van der Waals surface area contributed by atoms with Crippen LogP contribution in [-0.4, -0.2) is 62.5 Å². The van der Waals surface area contributed by atoms with Gasteiger partial charge in [-0.05, 0) is 43.7 Å². The number of rotatable bonds is 11. The van der Waals surface area contributed by atoms with Gasteiger partial charge in [0.05, 0.1) is 18.6 Å². The minimum atomic E-state index is -4.55. The van der Waals surface area contributed by atoms with Crippen LogP contribution in [0, 0.1) is 23.0 Å². The van der Waals surface area contributed by atoms with E-state index in [0.29, 0.717) is 6.42 Å². The summed E-state index contributed by atoms with van der Waals surface area (Å²) in [6.07, 6.45) is -5.45. The highest BCUT2D eigenvalue weighted by Crippen LogP contribution is 2.71. The molecular formula is C28H39F5N3O5P. The van der Waals surface area contributed by atoms with E-state index in [-0.39, 0.29) is 19.4 Å². The second-order valence-corrected chi connectivity index (χ2v) is 15.0. The van der Waals surface area contributed by atoms with Crippen molar-refractivity contribution in [1.82, 2.24) is 15.5 Å². The summed E-state index contributed by atoms with van der Waals surface area (Å²) in [7, 11) is -4.47. The second-order valence-electron chi connectivity index (χ2n) is 12.5. The van der Waals surface area contributed by atoms with Crippen molar-refractivity contribution >= 4 is 19.2 Å². The number of benzene rings is 1. The minimum absolute atomic E-state index is 0.0387. The van der Waals surface area contributed by atoms with Gasteiger partial charge in [0, 0.05) is 24.4 Å². The highest BCUT2D eigenvalue weighted by Gasteiger charge is 2.67. The molecule has 0 spiro atoms. The number of nitrogens with one attached hydrogen (secondary N) is 2. The van der Waals surface area contributed by atoms with Crippen molar-refractivity contribution in [3.8, 4) is 0 Å². The van der Waals surface area contributed by atoms with Crippen molar-refractivity contribution in [3.05, 3.63) is 48.1 Å². The SMILES string of the molecule is C=C[C@@H]1C[C@]1(NC(C)(O)[C@@H]1CCCN1C(=O)[C@@H](NC(=O)CCC(F)(F)F)C(C)(C)C)P(=O)(O)Cc1c(F)cccc1F. The zero-order chi connectivity index (χ0) is 31.9. The number of carbonyl (C=O) groups is 2. The van der Waals surface area contributed by atoms with Gasteiger partial charge in [-0.2, -0.15) is 13.2 Å². The molecule has 1 aromatic carbocycles. The van der Waals surface area contributed by atoms with Crippen molar-refractivity contribution in [3.63, 3.8) is 0 Å². The predicted octanol–water partition coefficient (Wildman–Crippen LogP) is 4.80. The molecule has 1 aliphatic heterocycles. The van der Waals surface area contributed by atoms with E-state index < -0.39 is 96.0 Å². The van der Waals surface area contributed by atoms with Crippen LogP contribution in [0.25, 0.3) is 0 Å². The zero-order valence-corrected chi connectivity index (χ0v) is 25.0. The van der Waals surface area contributed by atoms with Crippen LogP contribution in [0.15, 0.2) is 30.9 Å². The van der Waals surface area contributed by atoms with E-state index in [1.807, 2.05) is 0 Å². The van der Waals surface area contributed by atoms with E-state index in [1.165, 1.54) is 17.9 Å². The van der Waals surface area contributed by atoms with Crippen LogP contribution in [0.2, 0.25) is 0 Å². The van der Waals surface area contributed by atoms with Gasteiger partial charge in [-0.1, -0.05) is 32.9 Å². The van der Waals surface area contributed by atoms with Gasteiger partial charge in [0.2, 0.25) is 19.2 Å². The molecule has 1 heterocycles. The molecular weight excluding hydrogens is 584 g/mol. The summed E-state index contributed by atoms with van der Waals surface area (Å²) in [4.78, 5) is 38.6. The van der Waals surface area contributed by atoms with E-state index in [1.54, 1.807) is 20.8 Å². The number of hydrogen-bond donors (Lipinski definition) is 4. The summed E-state index contributed by atoms with van der Waals surface area (Å²) < 4.78 is 80.4. The Morgan fingerprint density at radius 2 is 1.81 bits per heavy atom. The normalized spacial score (nSPS) is 26.2. The quantitative estimate of drug-likeness (QED) is 0.122. The van der Waals surface area contributed by atoms with Crippen molar-refractivity contribution in [2.24, 2.45) is 11.3 Å². The molecule has 2 fully saturated rings. The maximum absolute atomic E-state index is 14.4. The molecule has 14 heteroatoms. The van der Waals surface area contributed by atoms with Gasteiger partial charge in [0.1, 0.15) is 28.7 Å². The number of likely N-dealkylation sites (tertiary alicyclic amines) is 1. The Hall–Kier alpha value is -2.34. The van der Waals surface area contributed by atoms with Crippen molar-refractivity contribution in [2.75, 3.05) is 6.54 Å². The predicted molar refractivity (Wildman–Crippen MR) is 146 cm³/mol. The maximum atomic E-state index is 14.4. The van der Waals surface area contributed by atoms with Gasteiger partial charge < -0.3 is 20.2 Å². The molecule has 0 aromatic heterocycles. The molecule has 236 valence electrons. The third-order valence-corrected chi connectivity index (χ3v) is 10.7. The molecule has 3 rings (SSSR count). The molecule has 2 amide bonds. The van der Waals surface area contributed by atoms with E-state index in [4.69, 9.17) is 0 Å². The van der Waals surface area contributed by atoms with Crippen LogP contribution in [0.5, 0.6) is 0 Å². The number of aliphatic hydroxyl groups is 1. The largest absolute Gasteiger partial charge is 0.389 e. The Morgan fingerprint density at radius 3 is 2.31 bits per heavy atom. The molecule has 1 saturated heterocycles. The number of amides is 2. The fourth-order valence-electron chi connectivity index (χ4n) is 5.67. The van der Waals surface area contributed by atoms with Crippen LogP contribution < -0.4 is 10.6 Å². The number of nitrogens with zero attached hydrogens (tertiary/aromatic N) is 1. The summed E-state index contributed by atoms with van der Waals surface area (Å²) in [5.41, 5.74) is -3.46. The first kappa shape index (κ1) is 34.2. The lowest BCUT2D eigenvalue weighted by molar-refractivity contribution is -0.149. The molecule has 42 heavy (non-hydrogen) atoms. The molecule has 0 radical (unpaired) electrons. The fourth-order valence-corrected chi connectivity index (χ4v) is 8.19. The van der Waals surface area contributed by atoms with Crippen LogP contribution in [-0.2, 0) is 20.3 Å². The van der Waals surface area contributed by atoms with Crippen LogP contribution in [0.4, 0.5) is 22.0 Å². The van der Waals surface area contributed by atoms with E-state index in [9.17, 15) is 46.1 Å². The molecule has 4 N–H and O–H groups in total. The van der Waals surface area contributed by atoms with Gasteiger partial charge in [0.25, 0.3) is 0 Å². The number of alkyl halides is 3. The monoisotopic (exact) mass is 623 g/mol. The first-order chi connectivity index (χ1) is 19.1. The molecule has 8 nitrogen and oxygen atoms in total. The Kier molecular flexibility index (Phi) is 9.74. The van der Waals surface area contributed by atoms with E-state index in [2.05, 4.69) is 17.2 Å². The minimum Gasteiger partial charge on any atom is -0.374 e. The highest BCUT2D eigenvalue weighted by atomic mass is 31.2. The first-order valence-corrected chi connectivity index (χ1v) is 15.6. The van der Waals surface area contributed by atoms with Gasteiger partial charge in [0.15, 0.2) is 0 Å². The lowest BCUT2D eigenvalue weighted by Gasteiger charge is -2.43. The molecule has 2 unspecified atom stereocenters. The van der Waals surface area contributed by atoms with Gasteiger partial charge in [-0.25, -0.2) is 8.78 Å². The lowest BCUT2D eigenvalue weighted by Crippen LogP contribution is -2.64. The fraction of sp³-hybridized carbons (Fsp3) is 0.643. The van der Waals surface area contributed by atoms with Crippen molar-refractivity contribution < 1.29 is 46.1 Å². The van der Waals surface area contributed by atoms with Crippen molar-refractivity contribution in [1.29, 1.82) is 0 Å². The average Bonchev–Trinajstić information content (AvgIpc) is 3.33. The second kappa shape index (κ2) is 12.0. The summed E-state index contributed by atoms with van der Waals surface area (Å²) in [5, 5.41) is 15.3. The van der Waals surface area contributed by atoms with Gasteiger partial charge >= 0.3 is 6.18 Å². The molecule has 1 saturated carbocycles. The molecule has 1 aromatic rings. The first-order valence-electron chi connectivity index (χ1n) is 13.7. The molecule has 6 atom stereocenters. The topological polar surface area (TPSA) is 119 Å². The standard InChI is InChI=1S/C28H39F5N3O5P/c1-6-17-15-27(17,42(40,41)16-18-19(29)9-7-10-20(18)30)35-26(5,39)21-11-8-14-36(21)24(38)23(25(2,3)4)34-22(37)12-13-28(31,32)33/h6-7,9-10,17,21,23,35,39H,1,8,11-16H2,2-5H3,(H,34,37)(H,40,41)/t17-,21+,23-,26?,27+/m1/s1. The Bertz CT molecular complexity index is 1230. The maximum Gasteiger partial charge on any atom is 0.389 e. The van der Waals surface area contributed by atoms with Crippen LogP contribution >= 0.6 is 7.37 Å². The lowest BCUT2D eigenvalue weighted by atomic mass is 9.85. The summed E-state index contributed by atoms with van der Waals surface area (Å²) in [6.45, 7) is 10.1. The Balaban J connectivity index is 1.85. The van der Waals surface area contributed by atoms with Crippen LogP contribution in [0.3, 0.4) is 0 Å². The van der Waals surface area contributed by atoms with Gasteiger partial charge in [-0.3, -0.25) is 19.5 Å². The smallest absolute Gasteiger partial charge is 0.374 e. The summed E-state index contributed by atoms with van der Waals surface area (Å²) in [5.74, 6) is -4.18. The Labute approximate surface area is 242 Å². The molecule has 0 bridgehead atoms. The average molecular weight is 624 g/mol. The van der Waals surface area contributed by atoms with E-state index in [0.717, 1.165) is 18.2 Å². The summed E-state index contributed by atoms with van der Waals surface area (Å²) in [6, 6.07) is 0.895. The van der Waals surface area contributed by atoms with Crippen LogP contribution in [0.1, 0.15) is 65.4 Å².